The molecule has 1 unspecified atom stereocenters. The maximum Gasteiger partial charge on any atom is 0.416 e. The van der Waals surface area contributed by atoms with Crippen LogP contribution in [0, 0.1) is 0 Å². The van der Waals surface area contributed by atoms with Crippen molar-refractivity contribution in [1.82, 2.24) is 15.2 Å². The smallest absolute Gasteiger partial charge is 0.416 e. The standard InChI is InChI=1S/C13H15ClF3N3O2/c14-3-5-19-12(21)20-6-2-10(8-20)22-11-7-9(1-4-18-11)13(15,16)17/h1,4,7,10H,2-3,5-6,8H2,(H,19,21). The van der Waals surface area contributed by atoms with E-state index in [1.807, 2.05) is 0 Å². The number of urea groups is 1. The molecule has 1 atom stereocenters. The molecule has 1 N–H and O–H groups in total. The Kier molecular flexibility index (Phi) is 5.33. The van der Waals surface area contributed by atoms with E-state index in [-0.39, 0.29) is 18.0 Å². The summed E-state index contributed by atoms with van der Waals surface area (Å²) in [7, 11) is 0. The van der Waals surface area contributed by atoms with Gasteiger partial charge in [0.05, 0.1) is 12.1 Å². The maximum atomic E-state index is 12.6. The Morgan fingerprint density at radius 1 is 1.55 bits per heavy atom. The van der Waals surface area contributed by atoms with E-state index in [2.05, 4.69) is 10.3 Å². The summed E-state index contributed by atoms with van der Waals surface area (Å²) in [5.74, 6) is 0.219. The molecule has 0 aromatic carbocycles. The van der Waals surface area contributed by atoms with Crippen LogP contribution >= 0.6 is 11.6 Å². The molecule has 22 heavy (non-hydrogen) atoms. The zero-order valence-electron chi connectivity index (χ0n) is 11.6. The normalized spacial score (nSPS) is 18.4. The van der Waals surface area contributed by atoms with Gasteiger partial charge in [0, 0.05) is 37.7 Å². The van der Waals surface area contributed by atoms with Gasteiger partial charge in [-0.2, -0.15) is 13.2 Å². The quantitative estimate of drug-likeness (QED) is 0.859. The molecule has 1 aromatic heterocycles. The Bertz CT molecular complexity index is 527. The lowest BCUT2D eigenvalue weighted by atomic mass is 10.2. The molecule has 1 aliphatic rings. The molecule has 1 saturated heterocycles. The van der Waals surface area contributed by atoms with Crippen molar-refractivity contribution in [2.24, 2.45) is 0 Å². The summed E-state index contributed by atoms with van der Waals surface area (Å²) in [6, 6.07) is 1.48. The third-order valence-electron chi connectivity index (χ3n) is 3.15. The minimum atomic E-state index is -4.44. The summed E-state index contributed by atoms with van der Waals surface area (Å²) >= 11 is 5.48. The van der Waals surface area contributed by atoms with E-state index in [0.29, 0.717) is 31.9 Å². The average molecular weight is 338 g/mol. The molecule has 2 amide bonds. The van der Waals surface area contributed by atoms with E-state index in [1.54, 1.807) is 0 Å². The number of carbonyl (C=O) groups excluding carboxylic acids is 1. The summed E-state index contributed by atoms with van der Waals surface area (Å²) in [4.78, 5) is 17.0. The van der Waals surface area contributed by atoms with Crippen LogP contribution in [0.3, 0.4) is 0 Å². The van der Waals surface area contributed by atoms with Crippen molar-refractivity contribution < 1.29 is 22.7 Å². The second-order valence-corrected chi connectivity index (χ2v) is 5.15. The van der Waals surface area contributed by atoms with Crippen LogP contribution in [0.2, 0.25) is 0 Å². The number of pyridine rings is 1. The van der Waals surface area contributed by atoms with Gasteiger partial charge in [-0.05, 0) is 6.07 Å². The maximum absolute atomic E-state index is 12.6. The average Bonchev–Trinajstić information content (AvgIpc) is 2.92. The first-order valence-electron chi connectivity index (χ1n) is 6.69. The van der Waals surface area contributed by atoms with Gasteiger partial charge in [0.15, 0.2) is 0 Å². The van der Waals surface area contributed by atoms with Gasteiger partial charge in [-0.25, -0.2) is 9.78 Å². The number of likely N-dealkylation sites (tertiary alicyclic amines) is 1. The summed E-state index contributed by atoms with van der Waals surface area (Å²) < 4.78 is 43.3. The minimum Gasteiger partial charge on any atom is -0.472 e. The van der Waals surface area contributed by atoms with Crippen LogP contribution in [0.5, 0.6) is 5.88 Å². The molecule has 1 aliphatic heterocycles. The molecular formula is C13H15ClF3N3O2. The first-order valence-corrected chi connectivity index (χ1v) is 7.22. The Balaban J connectivity index is 1.92. The van der Waals surface area contributed by atoms with Crippen LogP contribution in [-0.2, 0) is 6.18 Å². The molecule has 0 aliphatic carbocycles. The van der Waals surface area contributed by atoms with Crippen molar-refractivity contribution >= 4 is 17.6 Å². The number of amides is 2. The van der Waals surface area contributed by atoms with Gasteiger partial charge in [0.1, 0.15) is 6.10 Å². The van der Waals surface area contributed by atoms with Crippen LogP contribution in [0.1, 0.15) is 12.0 Å². The second kappa shape index (κ2) is 7.04. The molecule has 0 saturated carbocycles. The number of ether oxygens (including phenoxy) is 1. The molecule has 1 aromatic rings. The van der Waals surface area contributed by atoms with Gasteiger partial charge >= 0.3 is 12.2 Å². The predicted molar refractivity (Wildman–Crippen MR) is 74.0 cm³/mol. The highest BCUT2D eigenvalue weighted by Crippen LogP contribution is 2.30. The van der Waals surface area contributed by atoms with Crippen LogP contribution in [-0.4, -0.2) is 47.5 Å². The second-order valence-electron chi connectivity index (χ2n) is 4.78. The van der Waals surface area contributed by atoms with Crippen molar-refractivity contribution in [1.29, 1.82) is 0 Å². The van der Waals surface area contributed by atoms with E-state index < -0.39 is 11.7 Å². The highest BCUT2D eigenvalue weighted by Gasteiger charge is 2.32. The first-order chi connectivity index (χ1) is 10.4. The molecule has 0 bridgehead atoms. The predicted octanol–water partition coefficient (Wildman–Crippen LogP) is 2.50. The largest absolute Gasteiger partial charge is 0.472 e. The number of halogens is 4. The Morgan fingerprint density at radius 2 is 2.32 bits per heavy atom. The topological polar surface area (TPSA) is 54.5 Å². The van der Waals surface area contributed by atoms with Crippen LogP contribution in [0.25, 0.3) is 0 Å². The lowest BCUT2D eigenvalue weighted by Crippen LogP contribution is -2.40. The number of rotatable bonds is 4. The Labute approximate surface area is 130 Å². The van der Waals surface area contributed by atoms with Gasteiger partial charge in [0.25, 0.3) is 0 Å². The molecular weight excluding hydrogens is 323 g/mol. The van der Waals surface area contributed by atoms with E-state index in [4.69, 9.17) is 16.3 Å². The number of alkyl halides is 4. The lowest BCUT2D eigenvalue weighted by molar-refractivity contribution is -0.137. The van der Waals surface area contributed by atoms with Crippen molar-refractivity contribution in [3.05, 3.63) is 23.9 Å². The highest BCUT2D eigenvalue weighted by molar-refractivity contribution is 6.18. The lowest BCUT2D eigenvalue weighted by Gasteiger charge is -2.17. The van der Waals surface area contributed by atoms with E-state index in [1.165, 1.54) is 4.90 Å². The molecule has 9 heteroatoms. The number of hydrogen-bond acceptors (Lipinski definition) is 3. The Hall–Kier alpha value is -1.70. The van der Waals surface area contributed by atoms with Crippen LogP contribution in [0.4, 0.5) is 18.0 Å². The number of aromatic nitrogens is 1. The number of hydrogen-bond donors (Lipinski definition) is 1. The summed E-state index contributed by atoms with van der Waals surface area (Å²) in [6.45, 7) is 1.13. The van der Waals surface area contributed by atoms with Crippen molar-refractivity contribution in [3.8, 4) is 5.88 Å². The SMILES string of the molecule is O=C(NCCCl)N1CCC(Oc2cc(C(F)(F)F)ccn2)C1. The minimum absolute atomic E-state index is 0.0946. The number of nitrogens with one attached hydrogen (secondary N) is 1. The molecule has 2 rings (SSSR count). The van der Waals surface area contributed by atoms with E-state index in [9.17, 15) is 18.0 Å². The molecule has 2 heterocycles. The van der Waals surface area contributed by atoms with Crippen molar-refractivity contribution in [2.75, 3.05) is 25.5 Å². The van der Waals surface area contributed by atoms with Crippen molar-refractivity contribution in [2.45, 2.75) is 18.7 Å². The Morgan fingerprint density at radius 3 is 3.00 bits per heavy atom. The van der Waals surface area contributed by atoms with Gasteiger partial charge < -0.3 is 15.0 Å². The van der Waals surface area contributed by atoms with Gasteiger partial charge in [-0.15, -0.1) is 11.6 Å². The van der Waals surface area contributed by atoms with Gasteiger partial charge in [0.2, 0.25) is 5.88 Å². The first kappa shape index (κ1) is 16.7. The molecule has 5 nitrogen and oxygen atoms in total. The third kappa shape index (κ3) is 4.40. The zero-order valence-corrected chi connectivity index (χ0v) is 12.3. The van der Waals surface area contributed by atoms with E-state index >= 15 is 0 Å². The molecule has 1 fully saturated rings. The summed E-state index contributed by atoms with van der Waals surface area (Å²) in [5, 5.41) is 2.62. The van der Waals surface area contributed by atoms with Crippen LogP contribution in [0.15, 0.2) is 18.3 Å². The van der Waals surface area contributed by atoms with Gasteiger partial charge in [-0.3, -0.25) is 0 Å². The monoisotopic (exact) mass is 337 g/mol. The molecule has 0 radical (unpaired) electrons. The molecule has 122 valence electrons. The van der Waals surface area contributed by atoms with Gasteiger partial charge in [-0.1, -0.05) is 0 Å². The summed E-state index contributed by atoms with van der Waals surface area (Å²) in [5.41, 5.74) is -0.813. The summed E-state index contributed by atoms with van der Waals surface area (Å²) in [6.07, 6.45) is -3.23. The zero-order chi connectivity index (χ0) is 16.2. The molecule has 0 spiro atoms. The highest BCUT2D eigenvalue weighted by atomic mass is 35.5. The number of carbonyl (C=O) groups is 1. The fourth-order valence-corrected chi connectivity index (χ4v) is 2.19. The fraction of sp³-hybridized carbons (Fsp3) is 0.538. The van der Waals surface area contributed by atoms with Crippen molar-refractivity contribution in [3.63, 3.8) is 0 Å². The fourth-order valence-electron chi connectivity index (χ4n) is 2.10. The third-order valence-corrected chi connectivity index (χ3v) is 3.34. The van der Waals surface area contributed by atoms with E-state index in [0.717, 1.165) is 18.3 Å². The van der Waals surface area contributed by atoms with Crippen LogP contribution < -0.4 is 10.1 Å². The number of nitrogens with zero attached hydrogens (tertiary/aromatic N) is 2.